The van der Waals surface area contributed by atoms with Gasteiger partial charge in [0.15, 0.2) is 0 Å². The van der Waals surface area contributed by atoms with E-state index in [0.717, 1.165) is 0 Å². The van der Waals surface area contributed by atoms with E-state index in [4.69, 9.17) is 25.7 Å². The summed E-state index contributed by atoms with van der Waals surface area (Å²) in [5, 5.41) is 16.7. The fourth-order valence-corrected chi connectivity index (χ4v) is 0. The molecule has 0 amide bonds. The topological polar surface area (TPSA) is 126 Å². The van der Waals surface area contributed by atoms with Gasteiger partial charge in [-0.1, -0.05) is 0 Å². The van der Waals surface area contributed by atoms with E-state index in [2.05, 4.69) is 0 Å². The second-order valence-corrected chi connectivity index (χ2v) is 1.28. The van der Waals surface area contributed by atoms with Crippen molar-refractivity contribution in [2.45, 2.75) is 0 Å². The zero-order valence-electron chi connectivity index (χ0n) is 4.45. The molecule has 0 aromatic carbocycles. The monoisotopic (exact) mass is 572 g/mol. The van der Waals surface area contributed by atoms with Crippen molar-refractivity contribution in [2.75, 3.05) is 0 Å². The summed E-state index contributed by atoms with van der Waals surface area (Å²) >= 11 is -4.08. The molecule has 0 fully saturated rings. The Morgan fingerprint density at radius 3 is 1.10 bits per heavy atom. The van der Waals surface area contributed by atoms with Crippen molar-refractivity contribution in [3.63, 3.8) is 0 Å². The molecule has 0 aromatic heterocycles. The Balaban J connectivity index is -0.0000000300. The van der Waals surface area contributed by atoms with Gasteiger partial charge in [-0.3, -0.25) is 0 Å². The van der Waals surface area contributed by atoms with Gasteiger partial charge in [0.2, 0.25) is 0 Å². The molecule has 0 aliphatic carbocycles. The van der Waals surface area contributed by atoms with Crippen molar-refractivity contribution in [3.8, 4) is 0 Å². The van der Waals surface area contributed by atoms with Crippen molar-refractivity contribution in [3.05, 3.63) is 0 Å². The van der Waals surface area contributed by atoms with E-state index < -0.39 is 24.8 Å². The van der Waals surface area contributed by atoms with Crippen molar-refractivity contribution in [1.29, 1.82) is 0 Å². The quantitative estimate of drug-likeness (QED) is 0.268. The average molecular weight is 570 g/mol. The van der Waals surface area contributed by atoms with E-state index >= 15 is 0 Å². The van der Waals surface area contributed by atoms with Crippen LogP contribution in [-0.4, -0.2) is 60.8 Å². The molecule has 0 aliphatic rings. The molecule has 0 N–H and O–H groups in total. The van der Waals surface area contributed by atoms with E-state index in [-0.39, 0.29) is 54.6 Å². The molecule has 0 unspecified atom stereocenters. The molecule has 52 valence electrons. The van der Waals surface area contributed by atoms with Crippen LogP contribution in [0.2, 0.25) is 0 Å². The predicted molar refractivity (Wildman–Crippen MR) is 17.6 cm³/mol. The first kappa shape index (κ1) is 22.6. The smallest absolute Gasteiger partial charge is 2.00 e. The predicted octanol–water partition coefficient (Wildman–Crippen LogP) is -5.71. The Bertz CT molecular complexity index is 73.7. The van der Waals surface area contributed by atoms with E-state index in [9.17, 15) is 0 Å². The van der Waals surface area contributed by atoms with Crippen molar-refractivity contribution >= 4 is 60.8 Å². The third kappa shape index (κ3) is 291. The third-order valence-electron chi connectivity index (χ3n) is 0. The number of rotatable bonds is 0. The molecule has 4 radical (unpaired) electrons. The van der Waals surface area contributed by atoms with Crippen LogP contribution in [0.25, 0.3) is 0 Å². The van der Waals surface area contributed by atoms with Gasteiger partial charge in [-0.05, 0) is 6.16 Å². The van der Waals surface area contributed by atoms with E-state index in [1.54, 1.807) is 0 Å². The maximum atomic E-state index is 8.58. The normalized spacial score (nSPS) is 5.00. The van der Waals surface area contributed by atoms with Crippen molar-refractivity contribution in [2.24, 2.45) is 0 Å². The van der Waals surface area contributed by atoms with Crippen LogP contribution in [-0.2, 0) is 21.9 Å². The van der Waals surface area contributed by atoms with Gasteiger partial charge in [0.25, 0.3) is 0 Å². The number of hydrogen-bond acceptors (Lipinski definition) is 6. The summed E-state index contributed by atoms with van der Waals surface area (Å²) in [6.07, 6.45) is -2.33. The molecule has 0 atom stereocenters. The number of carboxylic acid groups (broad SMARTS) is 2. The first-order chi connectivity index (χ1) is 3.46. The summed E-state index contributed by atoms with van der Waals surface area (Å²) in [5.74, 6) is 0. The summed E-state index contributed by atoms with van der Waals surface area (Å²) in [7, 11) is 0. The molecular weight excluding hydrogens is 570 g/mol. The maximum absolute atomic E-state index is 8.58. The van der Waals surface area contributed by atoms with Crippen molar-refractivity contribution in [1.82, 2.24) is 0 Å². The number of carbonyl (C=O) groups is 1. The minimum absolute atomic E-state index is 0. The molecule has 0 saturated heterocycles. The zero-order chi connectivity index (χ0) is 7.15. The molecule has 0 aliphatic heterocycles. The number of hydrogen-bond donors (Lipinski definition) is 0. The molecule has 9 heteroatoms. The Kier molecular flexibility index (Phi) is 38.1. The van der Waals surface area contributed by atoms with Gasteiger partial charge in [0, 0.05) is 0 Å². The standard InChI is InChI=1S/CH2O3.3O.2Pb.Ti/c2-1(3)4;;;;;;/h(H2,2,3,4);;;;;;/q;;2*-1;2*+2;/p-2. The maximum Gasteiger partial charge on any atom is 2.00 e. The minimum Gasteiger partial charge on any atom is 2.00 e. The summed E-state index contributed by atoms with van der Waals surface area (Å²) < 4.78 is 25.8. The molecule has 0 rings (SSSR count). The Morgan fingerprint density at radius 1 is 1.10 bits per heavy atom. The largest absolute Gasteiger partial charge is 2.00 e. The van der Waals surface area contributed by atoms with Crippen LogP contribution in [0.3, 0.4) is 0 Å². The Hall–Kier alpha value is 1.55. The first-order valence-electron chi connectivity index (χ1n) is 1.22. The summed E-state index contributed by atoms with van der Waals surface area (Å²) in [5.41, 5.74) is 0. The molecule has 0 aromatic rings. The average Bonchev–Trinajstić information content (AvgIpc) is 1.25. The second-order valence-electron chi connectivity index (χ2n) is 0.500. The fourth-order valence-electron chi connectivity index (χ4n) is 0. The Morgan fingerprint density at radius 2 is 1.10 bits per heavy atom. The van der Waals surface area contributed by atoms with E-state index in [1.165, 1.54) is 0 Å². The van der Waals surface area contributed by atoms with Crippen LogP contribution in [0.1, 0.15) is 0 Å². The van der Waals surface area contributed by atoms with Crippen LogP contribution in [0.15, 0.2) is 0 Å². The van der Waals surface area contributed by atoms with Gasteiger partial charge in [0.1, 0.15) is 0 Å². The summed E-state index contributed by atoms with van der Waals surface area (Å²) in [6.45, 7) is 0. The van der Waals surface area contributed by atoms with Gasteiger partial charge in [-0.15, -0.1) is 0 Å². The van der Waals surface area contributed by atoms with Crippen LogP contribution < -0.4 is 17.6 Å². The van der Waals surface area contributed by atoms with Gasteiger partial charge < -0.3 is 15.0 Å². The zero-order valence-corrected chi connectivity index (χ0v) is 13.8. The fraction of sp³-hybridized carbons (Fsp3) is 0. The molecule has 0 bridgehead atoms. The Labute approximate surface area is 104 Å². The van der Waals surface area contributed by atoms with Crippen LogP contribution in [0.4, 0.5) is 4.79 Å². The summed E-state index contributed by atoms with van der Waals surface area (Å²) in [6, 6.07) is 0. The van der Waals surface area contributed by atoms with Gasteiger partial charge in [-0.25, -0.2) is 0 Å². The van der Waals surface area contributed by atoms with Crippen LogP contribution in [0, 0.1) is 0 Å². The molecule has 10 heavy (non-hydrogen) atoms. The molecule has 0 heterocycles. The van der Waals surface area contributed by atoms with E-state index in [1.807, 2.05) is 0 Å². The van der Waals surface area contributed by atoms with Crippen molar-refractivity contribution < 1.29 is 44.3 Å². The van der Waals surface area contributed by atoms with E-state index in [0.29, 0.717) is 0 Å². The van der Waals surface area contributed by atoms with Crippen LogP contribution >= 0.6 is 0 Å². The summed E-state index contributed by atoms with van der Waals surface area (Å²) in [4.78, 5) is 8.33. The van der Waals surface area contributed by atoms with Gasteiger partial charge in [0.05, 0.1) is 0 Å². The second kappa shape index (κ2) is 16.9. The molecule has 0 saturated carbocycles. The van der Waals surface area contributed by atoms with Gasteiger partial charge >= 0.3 is 83.9 Å². The third-order valence-corrected chi connectivity index (χ3v) is 0. The first-order valence-corrected chi connectivity index (χ1v) is 3.14. The molecule has 0 spiro atoms. The molecular formula is CO6Pb2Ti. The SMILES string of the molecule is O=C([O-])[O-].[O]=[Ti]([O-])[O-].[Pb+2].[Pb+2]. The van der Waals surface area contributed by atoms with Gasteiger partial charge in [-0.2, -0.15) is 0 Å². The number of carbonyl (C=O) groups excluding carboxylic acids is 1. The minimum atomic E-state index is -4.08. The molecule has 6 nitrogen and oxygen atoms in total. The van der Waals surface area contributed by atoms with Crippen LogP contribution in [0.5, 0.6) is 0 Å².